The Morgan fingerprint density at radius 1 is 0.535 bits per heavy atom. The molecule has 0 atom stereocenters. The molecule has 2 aliphatic rings. The molecule has 2 heterocycles. The number of hydrogen-bond acceptors (Lipinski definition) is 12. The van der Waals surface area contributed by atoms with E-state index in [1.54, 1.807) is 12.3 Å². The maximum absolute atomic E-state index is 10.7. The van der Waals surface area contributed by atoms with Crippen molar-refractivity contribution in [1.82, 2.24) is 0 Å². The van der Waals surface area contributed by atoms with E-state index in [4.69, 9.17) is 42.6 Å². The van der Waals surface area contributed by atoms with E-state index in [2.05, 4.69) is 9.89 Å². The van der Waals surface area contributed by atoms with Crippen molar-refractivity contribution in [1.29, 1.82) is 0 Å². The largest absolute Gasteiger partial charge is 0.507 e. The summed E-state index contributed by atoms with van der Waals surface area (Å²) >= 11 is 0. The van der Waals surface area contributed by atoms with Crippen LogP contribution in [-0.2, 0) is 33.2 Å². The molecule has 0 radical (unpaired) electrons. The van der Waals surface area contributed by atoms with Crippen molar-refractivity contribution in [2.45, 2.75) is 0 Å². The quantitative estimate of drug-likeness (QED) is 0.521. The van der Waals surface area contributed by atoms with Crippen LogP contribution in [-0.4, -0.2) is 130 Å². The van der Waals surface area contributed by atoms with Gasteiger partial charge in [0.2, 0.25) is 0 Å². The summed E-state index contributed by atoms with van der Waals surface area (Å²) in [6.45, 7) is 9.26. The molecule has 1 fully saturated rings. The summed E-state index contributed by atoms with van der Waals surface area (Å²) in [7, 11) is 0. The number of fused-ring (bicyclic) bond motifs is 1. The number of rotatable bonds is 3. The first-order valence-corrected chi connectivity index (χ1v) is 14.9. The van der Waals surface area contributed by atoms with Crippen LogP contribution in [0.4, 0.5) is 11.4 Å². The molecule has 12 heteroatoms. The average Bonchev–Trinajstić information content (AvgIpc) is 3.04. The number of ether oxygens (including phenoxy) is 9. The maximum Gasteiger partial charge on any atom is 0.165 e. The molecule has 0 spiro atoms. The fourth-order valence-electron chi connectivity index (χ4n) is 4.23. The Bertz CT molecular complexity index is 1050. The molecule has 2 aliphatic heterocycles. The Morgan fingerprint density at radius 2 is 0.953 bits per heavy atom. The highest BCUT2D eigenvalue weighted by atomic mass is 16.6. The van der Waals surface area contributed by atoms with E-state index in [1.807, 2.05) is 24.3 Å². The number of phenolic OH excluding ortho intramolecular Hbond substituents is 1. The van der Waals surface area contributed by atoms with E-state index in [-0.39, 0.29) is 5.75 Å². The minimum absolute atomic E-state index is 0.0311. The molecule has 2 aromatic rings. The van der Waals surface area contributed by atoms with Crippen molar-refractivity contribution in [3.63, 3.8) is 0 Å². The van der Waals surface area contributed by atoms with E-state index >= 15 is 0 Å². The molecular weight excluding hydrogens is 560 g/mol. The maximum atomic E-state index is 10.7. The molecule has 0 bridgehead atoms. The summed E-state index contributed by atoms with van der Waals surface area (Å²) in [6.07, 6.45) is 1.61. The molecule has 0 aliphatic carbocycles. The molecule has 0 saturated carbocycles. The third kappa shape index (κ3) is 12.7. The van der Waals surface area contributed by atoms with Crippen molar-refractivity contribution in [2.24, 2.45) is 4.99 Å². The van der Waals surface area contributed by atoms with Gasteiger partial charge in [0.1, 0.15) is 19.0 Å². The van der Waals surface area contributed by atoms with Crippen molar-refractivity contribution < 1.29 is 47.7 Å². The van der Waals surface area contributed by atoms with Gasteiger partial charge in [0.25, 0.3) is 0 Å². The molecule has 1 saturated heterocycles. The second-order valence-electron chi connectivity index (χ2n) is 9.60. The van der Waals surface area contributed by atoms with Gasteiger partial charge >= 0.3 is 0 Å². The lowest BCUT2D eigenvalue weighted by atomic mass is 10.2. The summed E-state index contributed by atoms with van der Waals surface area (Å²) in [5.74, 6) is 0.947. The summed E-state index contributed by atoms with van der Waals surface area (Å²) < 4.78 is 50.8. The molecule has 0 amide bonds. The highest BCUT2D eigenvalue weighted by Gasteiger charge is 2.13. The van der Waals surface area contributed by atoms with Crippen LogP contribution in [0.15, 0.2) is 41.4 Å². The second kappa shape index (κ2) is 20.1. The van der Waals surface area contributed by atoms with Gasteiger partial charge in [-0.2, -0.15) is 0 Å². The van der Waals surface area contributed by atoms with Crippen LogP contribution in [0.25, 0.3) is 0 Å². The van der Waals surface area contributed by atoms with Gasteiger partial charge in [-0.25, -0.2) is 0 Å². The minimum atomic E-state index is 0.0311. The summed E-state index contributed by atoms with van der Waals surface area (Å²) in [6, 6.07) is 11.1. The van der Waals surface area contributed by atoms with Gasteiger partial charge in [-0.1, -0.05) is 0 Å². The number of anilines is 1. The lowest BCUT2D eigenvalue weighted by Crippen LogP contribution is -2.31. The first-order chi connectivity index (χ1) is 21.3. The zero-order chi connectivity index (χ0) is 29.8. The van der Waals surface area contributed by atoms with Gasteiger partial charge in [-0.05, 0) is 30.3 Å². The number of aromatic hydroxyl groups is 1. The van der Waals surface area contributed by atoms with Gasteiger partial charge in [0, 0.05) is 36.6 Å². The van der Waals surface area contributed by atoms with Gasteiger partial charge in [-0.15, -0.1) is 0 Å². The normalized spacial score (nSPS) is 20.0. The van der Waals surface area contributed by atoms with Crippen LogP contribution < -0.4 is 14.4 Å². The SMILES string of the molecule is Oc1cc2c(cc1C=Nc1ccc(N3CCOCCOCCOCCOCC3)cc1)OCCOCCOCCOCCO2. The number of hydrogen-bond donors (Lipinski definition) is 1. The fraction of sp³-hybridized carbons (Fsp3) is 0.581. The van der Waals surface area contributed by atoms with Crippen LogP contribution in [0.3, 0.4) is 0 Å². The Hall–Kier alpha value is -2.97. The first-order valence-electron chi connectivity index (χ1n) is 14.9. The highest BCUT2D eigenvalue weighted by molar-refractivity contribution is 5.86. The van der Waals surface area contributed by atoms with Crippen LogP contribution in [0.5, 0.6) is 17.2 Å². The number of benzene rings is 2. The number of aliphatic imine (C=N–C) groups is 1. The van der Waals surface area contributed by atoms with Crippen molar-refractivity contribution in [3.8, 4) is 17.2 Å². The van der Waals surface area contributed by atoms with Gasteiger partial charge in [-0.3, -0.25) is 4.99 Å². The van der Waals surface area contributed by atoms with Crippen molar-refractivity contribution in [2.75, 3.05) is 124 Å². The third-order valence-corrected chi connectivity index (χ3v) is 6.50. The van der Waals surface area contributed by atoms with E-state index in [0.717, 1.165) is 24.5 Å². The smallest absolute Gasteiger partial charge is 0.165 e. The summed E-state index contributed by atoms with van der Waals surface area (Å²) in [4.78, 5) is 6.80. The standard InChI is InChI=1S/C31H44N2O10/c34-29-24-31-30(42-21-19-40-17-15-39-16-18-41-20-22-43-31)23-26(29)25-32-27-1-3-28(4-2-27)33-5-7-35-9-11-37-13-14-38-12-10-36-8-6-33/h1-4,23-25,34H,5-22H2. The predicted molar refractivity (Wildman–Crippen MR) is 161 cm³/mol. The zero-order valence-corrected chi connectivity index (χ0v) is 24.8. The van der Waals surface area contributed by atoms with Gasteiger partial charge in [0.15, 0.2) is 11.5 Å². The van der Waals surface area contributed by atoms with Crippen LogP contribution >= 0.6 is 0 Å². The van der Waals surface area contributed by atoms with Crippen LogP contribution in [0.1, 0.15) is 5.56 Å². The lowest BCUT2D eigenvalue weighted by molar-refractivity contribution is 0.00206. The summed E-state index contributed by atoms with van der Waals surface area (Å²) in [5.41, 5.74) is 2.28. The van der Waals surface area contributed by atoms with E-state index in [9.17, 15) is 5.11 Å². The molecule has 12 nitrogen and oxygen atoms in total. The van der Waals surface area contributed by atoms with Gasteiger partial charge in [0.05, 0.1) is 98.2 Å². The molecular formula is C31H44N2O10. The fourth-order valence-corrected chi connectivity index (χ4v) is 4.23. The summed E-state index contributed by atoms with van der Waals surface area (Å²) in [5, 5.41) is 10.7. The van der Waals surface area contributed by atoms with E-state index in [0.29, 0.717) is 123 Å². The van der Waals surface area contributed by atoms with Crippen LogP contribution in [0, 0.1) is 0 Å². The molecule has 238 valence electrons. The molecule has 2 aromatic carbocycles. The Balaban J connectivity index is 1.38. The lowest BCUT2D eigenvalue weighted by Gasteiger charge is -2.25. The molecule has 1 N–H and O–H groups in total. The first kappa shape index (κ1) is 32.9. The monoisotopic (exact) mass is 604 g/mol. The van der Waals surface area contributed by atoms with Crippen LogP contribution in [0.2, 0.25) is 0 Å². The Kier molecular flexibility index (Phi) is 15.4. The zero-order valence-electron chi connectivity index (χ0n) is 24.8. The van der Waals surface area contributed by atoms with E-state index in [1.165, 1.54) is 6.07 Å². The molecule has 0 aromatic heterocycles. The minimum Gasteiger partial charge on any atom is -0.507 e. The Labute approximate surface area is 253 Å². The van der Waals surface area contributed by atoms with E-state index < -0.39 is 0 Å². The molecule has 43 heavy (non-hydrogen) atoms. The second-order valence-corrected chi connectivity index (χ2v) is 9.60. The molecule has 0 unspecified atom stereocenters. The third-order valence-electron chi connectivity index (χ3n) is 6.50. The van der Waals surface area contributed by atoms with Gasteiger partial charge < -0.3 is 52.6 Å². The number of phenols is 1. The Morgan fingerprint density at radius 3 is 1.44 bits per heavy atom. The number of nitrogens with zero attached hydrogens (tertiary/aromatic N) is 2. The highest BCUT2D eigenvalue weighted by Crippen LogP contribution is 2.34. The van der Waals surface area contributed by atoms with Crippen molar-refractivity contribution >= 4 is 17.6 Å². The average molecular weight is 605 g/mol. The van der Waals surface area contributed by atoms with Crippen molar-refractivity contribution in [3.05, 3.63) is 42.0 Å². The topological polar surface area (TPSA) is 119 Å². The predicted octanol–water partition coefficient (Wildman–Crippen LogP) is 2.85. The molecule has 4 rings (SSSR count).